The van der Waals surface area contributed by atoms with Gasteiger partial charge in [-0.1, -0.05) is 6.07 Å². The number of nitrogens with one attached hydrogen (secondary N) is 1. The van der Waals surface area contributed by atoms with E-state index in [1.54, 1.807) is 19.5 Å². The molecule has 0 aliphatic heterocycles. The van der Waals surface area contributed by atoms with Crippen molar-refractivity contribution < 1.29 is 9.53 Å². The van der Waals surface area contributed by atoms with Crippen LogP contribution in [0, 0.1) is 0 Å². The third-order valence-electron chi connectivity index (χ3n) is 4.72. The molecule has 126 valence electrons. The Bertz CT molecular complexity index is 685. The average Bonchev–Trinajstić information content (AvgIpc) is 2.65. The predicted octanol–water partition coefficient (Wildman–Crippen LogP) is 3.26. The summed E-state index contributed by atoms with van der Waals surface area (Å²) >= 11 is 0. The number of fused-ring (bicyclic) bond motifs is 1. The van der Waals surface area contributed by atoms with Crippen molar-refractivity contribution in [1.29, 1.82) is 0 Å². The highest BCUT2D eigenvalue weighted by Crippen LogP contribution is 2.33. The standard InChI is InChI=1S/C20H24N2O2/c1-24-18-6-7-19-16(13-18)3-2-4-17(19)14-22-20(23)8-5-15-9-11-21-12-10-15/h6-7,9-13,17H,2-5,8,14H2,1H3,(H,22,23)/t17-/m0/s1. The SMILES string of the molecule is COc1ccc2c(c1)CCC[C@H]2CNC(=O)CCc1ccncc1. The molecule has 1 aromatic carbocycles. The molecular formula is C20H24N2O2. The zero-order chi connectivity index (χ0) is 16.8. The maximum atomic E-state index is 12.1. The van der Waals surface area contributed by atoms with Crippen LogP contribution in [-0.2, 0) is 17.6 Å². The van der Waals surface area contributed by atoms with Gasteiger partial charge >= 0.3 is 0 Å². The number of carbonyl (C=O) groups is 1. The second-order valence-electron chi connectivity index (χ2n) is 6.31. The number of aromatic nitrogens is 1. The van der Waals surface area contributed by atoms with Gasteiger partial charge in [-0.2, -0.15) is 0 Å². The summed E-state index contributed by atoms with van der Waals surface area (Å²) in [4.78, 5) is 16.1. The molecule has 0 saturated carbocycles. The molecule has 1 atom stereocenters. The summed E-state index contributed by atoms with van der Waals surface area (Å²) in [5.41, 5.74) is 3.86. The van der Waals surface area contributed by atoms with E-state index in [0.29, 0.717) is 18.9 Å². The first-order valence-corrected chi connectivity index (χ1v) is 8.58. The molecule has 2 aromatic rings. The number of hydrogen-bond acceptors (Lipinski definition) is 3. The average molecular weight is 324 g/mol. The Morgan fingerprint density at radius 2 is 2.12 bits per heavy atom. The second kappa shape index (κ2) is 7.95. The van der Waals surface area contributed by atoms with Crippen molar-refractivity contribution >= 4 is 5.91 Å². The molecule has 1 heterocycles. The molecule has 1 aromatic heterocycles. The monoisotopic (exact) mass is 324 g/mol. The van der Waals surface area contributed by atoms with Crippen molar-refractivity contribution in [3.05, 3.63) is 59.4 Å². The fourth-order valence-electron chi connectivity index (χ4n) is 3.36. The number of amides is 1. The molecule has 0 fully saturated rings. The Balaban J connectivity index is 1.53. The van der Waals surface area contributed by atoms with E-state index >= 15 is 0 Å². The zero-order valence-electron chi connectivity index (χ0n) is 14.1. The lowest BCUT2D eigenvalue weighted by Crippen LogP contribution is -2.30. The van der Waals surface area contributed by atoms with E-state index in [9.17, 15) is 4.79 Å². The molecule has 1 amide bonds. The molecule has 1 aliphatic carbocycles. The van der Waals surface area contributed by atoms with Gasteiger partial charge in [0.2, 0.25) is 5.91 Å². The third-order valence-corrected chi connectivity index (χ3v) is 4.72. The Hall–Kier alpha value is -2.36. The van der Waals surface area contributed by atoms with Crippen LogP contribution in [0.1, 0.15) is 41.9 Å². The van der Waals surface area contributed by atoms with Crippen LogP contribution in [-0.4, -0.2) is 24.5 Å². The van der Waals surface area contributed by atoms with Crippen LogP contribution in [0.5, 0.6) is 5.75 Å². The van der Waals surface area contributed by atoms with Crippen molar-refractivity contribution in [2.45, 2.75) is 38.0 Å². The molecular weight excluding hydrogens is 300 g/mol. The van der Waals surface area contributed by atoms with E-state index < -0.39 is 0 Å². The summed E-state index contributed by atoms with van der Waals surface area (Å²) in [6, 6.07) is 10.2. The quantitative estimate of drug-likeness (QED) is 0.887. The molecule has 0 spiro atoms. The molecule has 0 unspecified atom stereocenters. The Kier molecular flexibility index (Phi) is 5.47. The lowest BCUT2D eigenvalue weighted by atomic mass is 9.82. The number of carbonyl (C=O) groups excluding carboxylic acids is 1. The normalized spacial score (nSPS) is 16.3. The predicted molar refractivity (Wildman–Crippen MR) is 94.2 cm³/mol. The van der Waals surface area contributed by atoms with E-state index in [-0.39, 0.29) is 5.91 Å². The molecule has 4 nitrogen and oxygen atoms in total. The number of ether oxygens (including phenoxy) is 1. The van der Waals surface area contributed by atoms with Crippen LogP contribution < -0.4 is 10.1 Å². The molecule has 4 heteroatoms. The van der Waals surface area contributed by atoms with Crippen LogP contribution >= 0.6 is 0 Å². The Labute approximate surface area is 143 Å². The van der Waals surface area contributed by atoms with Crippen LogP contribution in [0.25, 0.3) is 0 Å². The fraction of sp³-hybridized carbons (Fsp3) is 0.400. The lowest BCUT2D eigenvalue weighted by Gasteiger charge is -2.26. The van der Waals surface area contributed by atoms with Crippen LogP contribution in [0.3, 0.4) is 0 Å². The van der Waals surface area contributed by atoms with Crippen LogP contribution in [0.2, 0.25) is 0 Å². The van der Waals surface area contributed by atoms with Gasteiger partial charge in [0.15, 0.2) is 0 Å². The van der Waals surface area contributed by atoms with E-state index in [1.807, 2.05) is 18.2 Å². The van der Waals surface area contributed by atoms with Gasteiger partial charge in [0.05, 0.1) is 7.11 Å². The van der Waals surface area contributed by atoms with E-state index in [4.69, 9.17) is 4.74 Å². The van der Waals surface area contributed by atoms with Crippen molar-refractivity contribution in [3.8, 4) is 5.75 Å². The van der Waals surface area contributed by atoms with Crippen LogP contribution in [0.4, 0.5) is 0 Å². The van der Waals surface area contributed by atoms with Gasteiger partial charge < -0.3 is 10.1 Å². The van der Waals surface area contributed by atoms with Crippen molar-refractivity contribution in [2.24, 2.45) is 0 Å². The summed E-state index contributed by atoms with van der Waals surface area (Å²) in [6.07, 6.45) is 8.20. The topological polar surface area (TPSA) is 51.2 Å². The highest BCUT2D eigenvalue weighted by molar-refractivity contribution is 5.76. The van der Waals surface area contributed by atoms with Gasteiger partial charge in [0.1, 0.15) is 5.75 Å². The number of pyridine rings is 1. The van der Waals surface area contributed by atoms with Crippen molar-refractivity contribution in [1.82, 2.24) is 10.3 Å². The summed E-state index contributed by atoms with van der Waals surface area (Å²) in [6.45, 7) is 0.717. The first-order valence-electron chi connectivity index (χ1n) is 8.58. The number of rotatable bonds is 6. The number of methoxy groups -OCH3 is 1. The third kappa shape index (κ3) is 4.13. The molecule has 1 aliphatic rings. The second-order valence-corrected chi connectivity index (χ2v) is 6.31. The Morgan fingerprint density at radius 3 is 2.92 bits per heavy atom. The molecule has 1 N–H and O–H groups in total. The van der Waals surface area contributed by atoms with E-state index in [2.05, 4.69) is 22.4 Å². The van der Waals surface area contributed by atoms with Gasteiger partial charge in [-0.05, 0) is 66.6 Å². The molecule has 24 heavy (non-hydrogen) atoms. The first-order chi connectivity index (χ1) is 11.8. The Morgan fingerprint density at radius 1 is 1.29 bits per heavy atom. The van der Waals surface area contributed by atoms with E-state index in [0.717, 1.165) is 37.0 Å². The molecule has 0 bridgehead atoms. The minimum absolute atomic E-state index is 0.118. The highest BCUT2D eigenvalue weighted by atomic mass is 16.5. The van der Waals surface area contributed by atoms with Gasteiger partial charge in [-0.3, -0.25) is 9.78 Å². The first kappa shape index (κ1) is 16.5. The molecule has 0 saturated heterocycles. The maximum Gasteiger partial charge on any atom is 0.220 e. The largest absolute Gasteiger partial charge is 0.497 e. The van der Waals surface area contributed by atoms with Gasteiger partial charge in [0.25, 0.3) is 0 Å². The van der Waals surface area contributed by atoms with Crippen molar-refractivity contribution in [2.75, 3.05) is 13.7 Å². The van der Waals surface area contributed by atoms with Gasteiger partial charge in [0, 0.05) is 31.3 Å². The number of hydrogen-bond donors (Lipinski definition) is 1. The smallest absolute Gasteiger partial charge is 0.220 e. The lowest BCUT2D eigenvalue weighted by molar-refractivity contribution is -0.121. The molecule has 0 radical (unpaired) electrons. The minimum atomic E-state index is 0.118. The number of aryl methyl sites for hydroxylation is 2. The van der Waals surface area contributed by atoms with E-state index in [1.165, 1.54) is 11.1 Å². The molecule has 3 rings (SSSR count). The van der Waals surface area contributed by atoms with Gasteiger partial charge in [-0.25, -0.2) is 0 Å². The highest BCUT2D eigenvalue weighted by Gasteiger charge is 2.21. The fourth-order valence-corrected chi connectivity index (χ4v) is 3.36. The van der Waals surface area contributed by atoms with Gasteiger partial charge in [-0.15, -0.1) is 0 Å². The maximum absolute atomic E-state index is 12.1. The summed E-state index contributed by atoms with van der Waals surface area (Å²) in [5.74, 6) is 1.44. The van der Waals surface area contributed by atoms with Crippen molar-refractivity contribution in [3.63, 3.8) is 0 Å². The number of benzene rings is 1. The number of nitrogens with zero attached hydrogens (tertiary/aromatic N) is 1. The van der Waals surface area contributed by atoms with Crippen LogP contribution in [0.15, 0.2) is 42.7 Å². The summed E-state index contributed by atoms with van der Waals surface area (Å²) < 4.78 is 5.31. The summed E-state index contributed by atoms with van der Waals surface area (Å²) in [5, 5.41) is 3.11. The minimum Gasteiger partial charge on any atom is -0.497 e. The zero-order valence-corrected chi connectivity index (χ0v) is 14.1. The summed E-state index contributed by atoms with van der Waals surface area (Å²) in [7, 11) is 1.70.